The first-order chi connectivity index (χ1) is 13.8. The standard InChI is InChI=1S/C22H36N6/c1-3-23-22(25-12-17-27-14-7-13-26(2)18-19-27)24-11-6-15-28-16-10-20-8-4-5-9-21(20)28/h4-5,8-10,16H,3,6-7,11-15,17-19H2,1-2H3,(H2,23,24,25). The van der Waals surface area contributed by atoms with Gasteiger partial charge in [0.25, 0.3) is 0 Å². The number of guanidine groups is 1. The van der Waals surface area contributed by atoms with Crippen molar-refractivity contribution in [1.29, 1.82) is 0 Å². The van der Waals surface area contributed by atoms with Crippen molar-refractivity contribution in [2.75, 3.05) is 59.4 Å². The molecule has 1 aliphatic heterocycles. The highest BCUT2D eigenvalue weighted by Gasteiger charge is 2.11. The van der Waals surface area contributed by atoms with Crippen LogP contribution in [0.1, 0.15) is 19.8 Å². The molecule has 0 saturated carbocycles. The molecule has 3 rings (SSSR count). The summed E-state index contributed by atoms with van der Waals surface area (Å²) in [5.41, 5.74) is 1.31. The Morgan fingerprint density at radius 2 is 1.93 bits per heavy atom. The third-order valence-corrected chi connectivity index (χ3v) is 5.38. The largest absolute Gasteiger partial charge is 0.357 e. The summed E-state index contributed by atoms with van der Waals surface area (Å²) in [7, 11) is 2.22. The molecule has 1 fully saturated rings. The molecule has 1 aromatic heterocycles. The van der Waals surface area contributed by atoms with Crippen molar-refractivity contribution >= 4 is 16.9 Å². The van der Waals surface area contributed by atoms with Gasteiger partial charge in [-0.25, -0.2) is 0 Å². The zero-order valence-corrected chi connectivity index (χ0v) is 17.5. The zero-order valence-electron chi connectivity index (χ0n) is 17.5. The molecule has 0 spiro atoms. The average Bonchev–Trinajstić information content (AvgIpc) is 3.00. The third-order valence-electron chi connectivity index (χ3n) is 5.38. The minimum Gasteiger partial charge on any atom is -0.357 e. The van der Waals surface area contributed by atoms with Crippen LogP contribution in [0.15, 0.2) is 41.5 Å². The zero-order chi connectivity index (χ0) is 19.6. The lowest BCUT2D eigenvalue weighted by Crippen LogP contribution is -2.42. The molecular weight excluding hydrogens is 348 g/mol. The van der Waals surface area contributed by atoms with Gasteiger partial charge < -0.3 is 25.0 Å². The Bertz CT molecular complexity index is 737. The smallest absolute Gasteiger partial charge is 0.191 e. The van der Waals surface area contributed by atoms with E-state index in [2.05, 4.69) is 75.5 Å². The number of hydrogen-bond acceptors (Lipinski definition) is 3. The molecule has 2 heterocycles. The van der Waals surface area contributed by atoms with Crippen molar-refractivity contribution < 1.29 is 0 Å². The van der Waals surface area contributed by atoms with Crippen molar-refractivity contribution in [2.45, 2.75) is 26.3 Å². The summed E-state index contributed by atoms with van der Waals surface area (Å²) >= 11 is 0. The monoisotopic (exact) mass is 384 g/mol. The van der Waals surface area contributed by atoms with Gasteiger partial charge in [-0.15, -0.1) is 0 Å². The molecule has 0 unspecified atom stereocenters. The van der Waals surface area contributed by atoms with Gasteiger partial charge in [0.15, 0.2) is 5.96 Å². The first kappa shape index (κ1) is 20.7. The summed E-state index contributed by atoms with van der Waals surface area (Å²) in [5, 5.41) is 8.17. The highest BCUT2D eigenvalue weighted by Crippen LogP contribution is 2.15. The van der Waals surface area contributed by atoms with E-state index in [1.54, 1.807) is 0 Å². The minimum atomic E-state index is 0.830. The number of aromatic nitrogens is 1. The van der Waals surface area contributed by atoms with Gasteiger partial charge in [0, 0.05) is 57.5 Å². The average molecular weight is 385 g/mol. The van der Waals surface area contributed by atoms with Crippen LogP contribution in [-0.4, -0.2) is 79.7 Å². The van der Waals surface area contributed by atoms with E-state index in [4.69, 9.17) is 4.99 Å². The first-order valence-corrected chi connectivity index (χ1v) is 10.7. The van der Waals surface area contributed by atoms with Crippen molar-refractivity contribution in [3.8, 4) is 0 Å². The molecule has 1 saturated heterocycles. The number of benzene rings is 1. The van der Waals surface area contributed by atoms with Gasteiger partial charge in [-0.3, -0.25) is 4.99 Å². The summed E-state index contributed by atoms with van der Waals surface area (Å²) in [5.74, 6) is 0.937. The van der Waals surface area contributed by atoms with Gasteiger partial charge in [-0.2, -0.15) is 0 Å². The maximum atomic E-state index is 4.76. The molecule has 0 bridgehead atoms. The SMILES string of the molecule is CCNC(=NCCCn1ccc2ccccc21)NCCN1CCCN(C)CC1. The second-order valence-corrected chi connectivity index (χ2v) is 7.61. The van der Waals surface area contributed by atoms with Crippen molar-refractivity contribution in [2.24, 2.45) is 4.99 Å². The highest BCUT2D eigenvalue weighted by molar-refractivity contribution is 5.80. The summed E-state index contributed by atoms with van der Waals surface area (Å²) < 4.78 is 2.32. The van der Waals surface area contributed by atoms with Crippen molar-refractivity contribution in [3.05, 3.63) is 36.5 Å². The molecule has 0 atom stereocenters. The van der Waals surface area contributed by atoms with Crippen molar-refractivity contribution in [1.82, 2.24) is 25.0 Å². The Hall–Kier alpha value is -2.05. The van der Waals surface area contributed by atoms with E-state index < -0.39 is 0 Å². The maximum absolute atomic E-state index is 4.76. The van der Waals surface area contributed by atoms with E-state index in [9.17, 15) is 0 Å². The summed E-state index contributed by atoms with van der Waals surface area (Å²) in [6, 6.07) is 10.7. The predicted molar refractivity (Wildman–Crippen MR) is 119 cm³/mol. The van der Waals surface area contributed by atoms with Crippen LogP contribution < -0.4 is 10.6 Å². The second kappa shape index (κ2) is 11.1. The Kier molecular flexibility index (Phi) is 8.18. The number of rotatable bonds is 8. The van der Waals surface area contributed by atoms with Crippen LogP contribution in [-0.2, 0) is 6.54 Å². The lowest BCUT2D eigenvalue weighted by atomic mass is 10.2. The lowest BCUT2D eigenvalue weighted by Gasteiger charge is -2.21. The van der Waals surface area contributed by atoms with Crippen LogP contribution >= 0.6 is 0 Å². The number of nitrogens with zero attached hydrogens (tertiary/aromatic N) is 4. The number of hydrogen-bond donors (Lipinski definition) is 2. The van der Waals surface area contributed by atoms with E-state index in [0.29, 0.717) is 0 Å². The number of aliphatic imine (C=N–C) groups is 1. The van der Waals surface area contributed by atoms with Gasteiger partial charge in [0.05, 0.1) is 0 Å². The van der Waals surface area contributed by atoms with Crippen molar-refractivity contribution in [3.63, 3.8) is 0 Å². The van der Waals surface area contributed by atoms with Gasteiger partial charge in [-0.1, -0.05) is 18.2 Å². The van der Waals surface area contributed by atoms with E-state index in [-0.39, 0.29) is 0 Å². The summed E-state index contributed by atoms with van der Waals surface area (Å²) in [6.45, 7) is 11.6. The molecule has 2 aromatic rings. The fourth-order valence-corrected chi connectivity index (χ4v) is 3.77. The van der Waals surface area contributed by atoms with Gasteiger partial charge in [-0.05, 0) is 57.4 Å². The molecular formula is C22H36N6. The quantitative estimate of drug-likeness (QED) is 0.416. The Morgan fingerprint density at radius 1 is 1.04 bits per heavy atom. The highest BCUT2D eigenvalue weighted by atomic mass is 15.2. The van der Waals surface area contributed by atoms with Gasteiger partial charge in [0.1, 0.15) is 0 Å². The molecule has 6 heteroatoms. The molecule has 0 aliphatic carbocycles. The molecule has 0 amide bonds. The molecule has 0 radical (unpaired) electrons. The molecule has 6 nitrogen and oxygen atoms in total. The fourth-order valence-electron chi connectivity index (χ4n) is 3.77. The number of aryl methyl sites for hydroxylation is 1. The maximum Gasteiger partial charge on any atom is 0.191 e. The molecule has 2 N–H and O–H groups in total. The molecule has 1 aliphatic rings. The second-order valence-electron chi connectivity index (χ2n) is 7.61. The number of para-hydroxylation sites is 1. The Labute approximate surface area is 169 Å². The Balaban J connectivity index is 1.41. The summed E-state index contributed by atoms with van der Waals surface area (Å²) in [4.78, 5) is 9.74. The lowest BCUT2D eigenvalue weighted by molar-refractivity contribution is 0.280. The fraction of sp³-hybridized carbons (Fsp3) is 0.591. The third kappa shape index (κ3) is 6.24. The minimum absolute atomic E-state index is 0.830. The normalized spacial score (nSPS) is 17.0. The molecule has 154 valence electrons. The van der Waals surface area contributed by atoms with Gasteiger partial charge in [0.2, 0.25) is 0 Å². The first-order valence-electron chi connectivity index (χ1n) is 10.7. The van der Waals surface area contributed by atoms with Gasteiger partial charge >= 0.3 is 0 Å². The van der Waals surface area contributed by atoms with Crippen LogP contribution in [0.25, 0.3) is 10.9 Å². The van der Waals surface area contributed by atoms with Crippen LogP contribution in [0.2, 0.25) is 0 Å². The summed E-state index contributed by atoms with van der Waals surface area (Å²) in [6.07, 6.45) is 4.48. The molecule has 28 heavy (non-hydrogen) atoms. The van der Waals surface area contributed by atoms with E-state index in [1.165, 1.54) is 37.0 Å². The molecule has 1 aromatic carbocycles. The van der Waals surface area contributed by atoms with E-state index in [1.807, 2.05) is 0 Å². The van der Waals surface area contributed by atoms with Crippen LogP contribution in [0.4, 0.5) is 0 Å². The van der Waals surface area contributed by atoms with E-state index >= 15 is 0 Å². The topological polar surface area (TPSA) is 47.8 Å². The van der Waals surface area contributed by atoms with E-state index in [0.717, 1.165) is 51.6 Å². The van der Waals surface area contributed by atoms with Crippen LogP contribution in [0.3, 0.4) is 0 Å². The number of likely N-dealkylation sites (N-methyl/N-ethyl adjacent to an activating group) is 1. The Morgan fingerprint density at radius 3 is 2.82 bits per heavy atom. The van der Waals surface area contributed by atoms with Crippen LogP contribution in [0.5, 0.6) is 0 Å². The predicted octanol–water partition coefficient (Wildman–Crippen LogP) is 2.22. The number of nitrogens with one attached hydrogen (secondary N) is 2. The number of fused-ring (bicyclic) bond motifs is 1. The van der Waals surface area contributed by atoms with Crippen LogP contribution in [0, 0.1) is 0 Å².